The summed E-state index contributed by atoms with van der Waals surface area (Å²) in [4.78, 5) is 0. The van der Waals surface area contributed by atoms with Crippen LogP contribution in [0, 0.1) is 0 Å². The molecule has 3 heteroatoms. The number of benzene rings is 1. The van der Waals surface area contributed by atoms with Gasteiger partial charge in [0.05, 0.1) is 12.2 Å². The summed E-state index contributed by atoms with van der Waals surface area (Å²) >= 11 is 0. The van der Waals surface area contributed by atoms with Crippen LogP contribution < -0.4 is 5.19 Å². The Balaban J connectivity index is 2.06. The standard InChI is InChI=1S/C13H18O2Si/c1-16(2,13-6-4-3-5-7-13)15-12-9-8-11(14)10-12/h3-9,11-12,14H,10H2,1-2H3. The van der Waals surface area contributed by atoms with Crippen LogP contribution in [-0.2, 0) is 4.43 Å². The predicted octanol–water partition coefficient (Wildman–Crippen LogP) is 1.80. The van der Waals surface area contributed by atoms with Crippen molar-refractivity contribution in [2.24, 2.45) is 0 Å². The molecule has 0 bridgehead atoms. The van der Waals surface area contributed by atoms with Crippen molar-refractivity contribution >= 4 is 13.5 Å². The molecular formula is C13H18O2Si. The largest absolute Gasteiger partial charge is 0.407 e. The lowest BCUT2D eigenvalue weighted by Crippen LogP contribution is -2.46. The van der Waals surface area contributed by atoms with Gasteiger partial charge in [0.15, 0.2) is 0 Å². The van der Waals surface area contributed by atoms with Crippen LogP contribution in [0.5, 0.6) is 0 Å². The van der Waals surface area contributed by atoms with E-state index in [0.717, 1.165) is 0 Å². The molecule has 2 atom stereocenters. The first-order valence-electron chi connectivity index (χ1n) is 5.68. The van der Waals surface area contributed by atoms with Gasteiger partial charge in [-0.25, -0.2) is 0 Å². The van der Waals surface area contributed by atoms with E-state index in [1.807, 2.05) is 30.4 Å². The van der Waals surface area contributed by atoms with E-state index in [4.69, 9.17) is 4.43 Å². The van der Waals surface area contributed by atoms with E-state index in [9.17, 15) is 5.11 Å². The van der Waals surface area contributed by atoms with Gasteiger partial charge < -0.3 is 9.53 Å². The second-order valence-corrected chi connectivity index (χ2v) is 8.55. The minimum Gasteiger partial charge on any atom is -0.407 e. The molecule has 1 aliphatic carbocycles. The van der Waals surface area contributed by atoms with Crippen molar-refractivity contribution in [2.45, 2.75) is 31.7 Å². The number of aliphatic hydroxyl groups is 1. The van der Waals surface area contributed by atoms with Crippen molar-refractivity contribution in [1.82, 2.24) is 0 Å². The second-order valence-electron chi connectivity index (χ2n) is 4.72. The third-order valence-electron chi connectivity index (χ3n) is 2.94. The Labute approximate surface area is 97.7 Å². The van der Waals surface area contributed by atoms with Crippen LogP contribution in [0.3, 0.4) is 0 Å². The normalized spacial score (nSPS) is 24.9. The smallest absolute Gasteiger partial charge is 0.218 e. The predicted molar refractivity (Wildman–Crippen MR) is 68.2 cm³/mol. The van der Waals surface area contributed by atoms with Crippen LogP contribution >= 0.6 is 0 Å². The van der Waals surface area contributed by atoms with E-state index < -0.39 is 8.32 Å². The molecule has 1 aromatic carbocycles. The number of hydrogen-bond acceptors (Lipinski definition) is 2. The van der Waals surface area contributed by atoms with Gasteiger partial charge in [0.25, 0.3) is 0 Å². The maximum Gasteiger partial charge on any atom is 0.218 e. The molecule has 0 fully saturated rings. The molecule has 0 spiro atoms. The van der Waals surface area contributed by atoms with Crippen molar-refractivity contribution < 1.29 is 9.53 Å². The highest BCUT2D eigenvalue weighted by Crippen LogP contribution is 2.18. The number of rotatable bonds is 3. The molecule has 1 aliphatic rings. The fourth-order valence-corrected chi connectivity index (χ4v) is 4.08. The monoisotopic (exact) mass is 234 g/mol. The van der Waals surface area contributed by atoms with Gasteiger partial charge >= 0.3 is 0 Å². The zero-order valence-corrected chi connectivity index (χ0v) is 10.8. The molecule has 1 N–H and O–H groups in total. The van der Waals surface area contributed by atoms with Crippen LogP contribution in [0.1, 0.15) is 6.42 Å². The van der Waals surface area contributed by atoms with E-state index in [-0.39, 0.29) is 12.2 Å². The molecule has 0 aliphatic heterocycles. The molecule has 0 radical (unpaired) electrons. The van der Waals surface area contributed by atoms with Gasteiger partial charge in [-0.2, -0.15) is 0 Å². The minimum absolute atomic E-state index is 0.0804. The van der Waals surface area contributed by atoms with Crippen molar-refractivity contribution in [3.05, 3.63) is 42.5 Å². The highest BCUT2D eigenvalue weighted by molar-refractivity contribution is 6.84. The van der Waals surface area contributed by atoms with E-state index >= 15 is 0 Å². The molecule has 2 nitrogen and oxygen atoms in total. The van der Waals surface area contributed by atoms with Gasteiger partial charge in [-0.1, -0.05) is 42.5 Å². The molecule has 0 saturated heterocycles. The van der Waals surface area contributed by atoms with Crippen molar-refractivity contribution in [3.63, 3.8) is 0 Å². The van der Waals surface area contributed by atoms with Gasteiger partial charge in [-0.05, 0) is 18.3 Å². The molecule has 1 aromatic rings. The van der Waals surface area contributed by atoms with Gasteiger partial charge in [0.1, 0.15) is 0 Å². The topological polar surface area (TPSA) is 29.5 Å². The van der Waals surface area contributed by atoms with Gasteiger partial charge in [-0.15, -0.1) is 0 Å². The van der Waals surface area contributed by atoms with E-state index in [0.29, 0.717) is 6.42 Å². The van der Waals surface area contributed by atoms with Gasteiger partial charge in [0.2, 0.25) is 8.32 Å². The second kappa shape index (κ2) is 4.53. The summed E-state index contributed by atoms with van der Waals surface area (Å²) in [6.45, 7) is 4.39. The first-order chi connectivity index (χ1) is 7.58. The molecule has 2 rings (SSSR count). The fraction of sp³-hybridized carbons (Fsp3) is 0.385. The molecule has 16 heavy (non-hydrogen) atoms. The van der Waals surface area contributed by atoms with Crippen LogP contribution in [0.25, 0.3) is 0 Å². The molecule has 86 valence electrons. The SMILES string of the molecule is C[Si](C)(OC1C=CC(O)C1)c1ccccc1. The van der Waals surface area contributed by atoms with Crippen LogP contribution in [0.4, 0.5) is 0 Å². The van der Waals surface area contributed by atoms with Gasteiger partial charge in [0, 0.05) is 6.42 Å². The molecular weight excluding hydrogens is 216 g/mol. The maximum absolute atomic E-state index is 9.42. The summed E-state index contributed by atoms with van der Waals surface area (Å²) in [7, 11) is -1.84. The highest BCUT2D eigenvalue weighted by atomic mass is 28.4. The summed E-state index contributed by atoms with van der Waals surface area (Å²) in [5.74, 6) is 0. The summed E-state index contributed by atoms with van der Waals surface area (Å²) < 4.78 is 6.15. The summed E-state index contributed by atoms with van der Waals surface area (Å²) in [5.41, 5.74) is 0. The Bertz CT molecular complexity index is 373. The zero-order chi connectivity index (χ0) is 11.6. The third kappa shape index (κ3) is 2.61. The quantitative estimate of drug-likeness (QED) is 0.638. The average Bonchev–Trinajstić information content (AvgIpc) is 2.64. The van der Waals surface area contributed by atoms with E-state index in [1.54, 1.807) is 0 Å². The molecule has 0 amide bonds. The lowest BCUT2D eigenvalue weighted by molar-refractivity contribution is 0.162. The summed E-state index contributed by atoms with van der Waals surface area (Å²) in [6.07, 6.45) is 4.24. The lowest BCUT2D eigenvalue weighted by atomic mass is 10.3. The zero-order valence-electron chi connectivity index (χ0n) is 9.76. The van der Waals surface area contributed by atoms with Crippen molar-refractivity contribution in [1.29, 1.82) is 0 Å². The van der Waals surface area contributed by atoms with Crippen LogP contribution in [-0.4, -0.2) is 25.6 Å². The summed E-state index contributed by atoms with van der Waals surface area (Å²) in [5, 5.41) is 10.7. The van der Waals surface area contributed by atoms with Crippen LogP contribution in [0.2, 0.25) is 13.1 Å². The number of hydrogen-bond donors (Lipinski definition) is 1. The Morgan fingerprint density at radius 2 is 1.88 bits per heavy atom. The molecule has 2 unspecified atom stereocenters. The third-order valence-corrected chi connectivity index (χ3v) is 5.55. The lowest BCUT2D eigenvalue weighted by Gasteiger charge is -2.27. The Kier molecular flexibility index (Phi) is 3.28. The van der Waals surface area contributed by atoms with Crippen LogP contribution in [0.15, 0.2) is 42.5 Å². The minimum atomic E-state index is -1.84. The first-order valence-corrected chi connectivity index (χ1v) is 8.58. The molecule has 0 heterocycles. The number of aliphatic hydroxyl groups excluding tert-OH is 1. The summed E-state index contributed by atoms with van der Waals surface area (Å²) in [6, 6.07) is 10.4. The first kappa shape index (κ1) is 11.6. The van der Waals surface area contributed by atoms with Crippen molar-refractivity contribution in [2.75, 3.05) is 0 Å². The Morgan fingerprint density at radius 3 is 2.44 bits per heavy atom. The fourth-order valence-electron chi connectivity index (χ4n) is 2.02. The highest BCUT2D eigenvalue weighted by Gasteiger charge is 2.30. The molecule has 0 saturated carbocycles. The molecule has 0 aromatic heterocycles. The Morgan fingerprint density at radius 1 is 1.19 bits per heavy atom. The van der Waals surface area contributed by atoms with E-state index in [2.05, 4.69) is 25.2 Å². The average molecular weight is 234 g/mol. The Hall–Kier alpha value is -0.903. The maximum atomic E-state index is 9.42. The van der Waals surface area contributed by atoms with Crippen molar-refractivity contribution in [3.8, 4) is 0 Å². The van der Waals surface area contributed by atoms with Gasteiger partial charge in [-0.3, -0.25) is 0 Å². The van der Waals surface area contributed by atoms with E-state index in [1.165, 1.54) is 5.19 Å².